The molecule has 6 heteroatoms. The lowest BCUT2D eigenvalue weighted by atomic mass is 9.87. The van der Waals surface area contributed by atoms with Gasteiger partial charge in [-0.2, -0.15) is 5.10 Å². The van der Waals surface area contributed by atoms with Gasteiger partial charge in [-0.1, -0.05) is 74.6 Å². The highest BCUT2D eigenvalue weighted by molar-refractivity contribution is 7.22. The number of aromatic nitrogens is 2. The average molecular weight is 483 g/mol. The van der Waals surface area contributed by atoms with Gasteiger partial charge in [-0.05, 0) is 47.7 Å². The Hall–Kier alpha value is -3.64. The number of thiazole rings is 1. The third kappa shape index (κ3) is 5.38. The minimum absolute atomic E-state index is 0.152. The van der Waals surface area contributed by atoms with E-state index in [-0.39, 0.29) is 5.41 Å². The SMILES string of the molecule is CC(C)(C)c1ccc(OCCCn2cc(/C=N\Nc3nc4ccccc4s3)c3ccccc32)cc1. The van der Waals surface area contributed by atoms with Crippen molar-refractivity contribution in [3.8, 4) is 5.75 Å². The second-order valence-corrected chi connectivity index (χ2v) is 10.7. The van der Waals surface area contributed by atoms with E-state index in [0.717, 1.165) is 39.6 Å². The van der Waals surface area contributed by atoms with Crippen LogP contribution in [-0.4, -0.2) is 22.4 Å². The maximum absolute atomic E-state index is 6.00. The molecule has 0 bridgehead atoms. The first-order chi connectivity index (χ1) is 17.0. The van der Waals surface area contributed by atoms with Crippen molar-refractivity contribution >= 4 is 43.8 Å². The lowest BCUT2D eigenvalue weighted by Crippen LogP contribution is -2.10. The number of nitrogens with zero attached hydrogens (tertiary/aromatic N) is 3. The number of rotatable bonds is 8. The van der Waals surface area contributed by atoms with Gasteiger partial charge in [0.25, 0.3) is 0 Å². The molecule has 5 aromatic rings. The number of para-hydroxylation sites is 2. The van der Waals surface area contributed by atoms with Crippen LogP contribution in [0.2, 0.25) is 0 Å². The van der Waals surface area contributed by atoms with Gasteiger partial charge in [0.2, 0.25) is 5.13 Å². The third-order valence-corrected chi connectivity index (χ3v) is 6.95. The van der Waals surface area contributed by atoms with Gasteiger partial charge >= 0.3 is 0 Å². The van der Waals surface area contributed by atoms with E-state index >= 15 is 0 Å². The van der Waals surface area contributed by atoms with E-state index in [1.807, 2.05) is 24.4 Å². The first-order valence-corrected chi connectivity index (χ1v) is 12.7. The van der Waals surface area contributed by atoms with Crippen molar-refractivity contribution < 1.29 is 4.74 Å². The van der Waals surface area contributed by atoms with Crippen LogP contribution in [0, 0.1) is 0 Å². The molecule has 5 nitrogen and oxygen atoms in total. The van der Waals surface area contributed by atoms with Gasteiger partial charge in [0.05, 0.1) is 23.0 Å². The van der Waals surface area contributed by atoms with Gasteiger partial charge in [-0.3, -0.25) is 5.43 Å². The van der Waals surface area contributed by atoms with Crippen molar-refractivity contribution in [3.63, 3.8) is 0 Å². The van der Waals surface area contributed by atoms with Crippen molar-refractivity contribution in [2.45, 2.75) is 39.2 Å². The molecule has 5 rings (SSSR count). The van der Waals surface area contributed by atoms with Crippen LogP contribution in [-0.2, 0) is 12.0 Å². The monoisotopic (exact) mass is 482 g/mol. The normalized spacial score (nSPS) is 12.1. The van der Waals surface area contributed by atoms with Crippen LogP contribution in [0.1, 0.15) is 38.3 Å². The van der Waals surface area contributed by atoms with Crippen LogP contribution in [0.25, 0.3) is 21.1 Å². The number of aryl methyl sites for hydroxylation is 1. The van der Waals surface area contributed by atoms with Gasteiger partial charge in [-0.25, -0.2) is 4.98 Å². The number of hydrogen-bond acceptors (Lipinski definition) is 5. The average Bonchev–Trinajstić information content (AvgIpc) is 3.43. The van der Waals surface area contributed by atoms with Crippen molar-refractivity contribution in [2.75, 3.05) is 12.0 Å². The lowest BCUT2D eigenvalue weighted by Gasteiger charge is -2.19. The van der Waals surface area contributed by atoms with E-state index in [0.29, 0.717) is 6.61 Å². The minimum Gasteiger partial charge on any atom is -0.494 e. The summed E-state index contributed by atoms with van der Waals surface area (Å²) in [7, 11) is 0. The second-order valence-electron chi connectivity index (χ2n) is 9.63. The summed E-state index contributed by atoms with van der Waals surface area (Å²) >= 11 is 1.60. The molecule has 0 atom stereocenters. The van der Waals surface area contributed by atoms with Crippen LogP contribution < -0.4 is 10.2 Å². The van der Waals surface area contributed by atoms with Gasteiger partial charge < -0.3 is 9.30 Å². The predicted octanol–water partition coefficient (Wildman–Crippen LogP) is 7.46. The standard InChI is InChI=1S/C29H30N4OS/c1-29(2,3)22-13-15-23(16-14-22)34-18-8-17-33-20-21(24-9-4-6-11-26(24)33)19-30-32-28-31-25-10-5-7-12-27(25)35-28/h4-7,9-16,19-20H,8,17-18H2,1-3H3,(H,31,32)/b30-19-. The quantitative estimate of drug-likeness (QED) is 0.142. The molecule has 0 spiro atoms. The van der Waals surface area contributed by atoms with Crippen molar-refractivity contribution in [3.05, 3.63) is 90.1 Å². The van der Waals surface area contributed by atoms with E-state index in [4.69, 9.17) is 4.74 Å². The highest BCUT2D eigenvalue weighted by atomic mass is 32.1. The zero-order chi connectivity index (χ0) is 24.3. The van der Waals surface area contributed by atoms with Gasteiger partial charge in [-0.15, -0.1) is 0 Å². The Balaban J connectivity index is 1.22. The summed E-state index contributed by atoms with van der Waals surface area (Å²) in [4.78, 5) is 4.58. The summed E-state index contributed by atoms with van der Waals surface area (Å²) < 4.78 is 9.42. The molecule has 0 aliphatic carbocycles. The molecular formula is C29H30N4OS. The summed E-state index contributed by atoms with van der Waals surface area (Å²) in [5.41, 5.74) is 7.81. The summed E-state index contributed by atoms with van der Waals surface area (Å²) in [6, 6.07) is 25.0. The van der Waals surface area contributed by atoms with Gasteiger partial charge in [0.1, 0.15) is 5.75 Å². The van der Waals surface area contributed by atoms with Gasteiger partial charge in [0, 0.05) is 29.2 Å². The number of hydrazone groups is 1. The Morgan fingerprint density at radius 3 is 2.57 bits per heavy atom. The Labute approximate surface area is 210 Å². The highest BCUT2D eigenvalue weighted by Gasteiger charge is 2.13. The first-order valence-electron chi connectivity index (χ1n) is 11.9. The van der Waals surface area contributed by atoms with Crippen LogP contribution in [0.5, 0.6) is 5.75 Å². The molecule has 35 heavy (non-hydrogen) atoms. The van der Waals surface area contributed by atoms with Crippen molar-refractivity contribution in [1.82, 2.24) is 9.55 Å². The zero-order valence-corrected chi connectivity index (χ0v) is 21.2. The molecule has 0 radical (unpaired) electrons. The van der Waals surface area contributed by atoms with Crippen LogP contribution >= 0.6 is 11.3 Å². The number of nitrogens with one attached hydrogen (secondary N) is 1. The molecule has 1 N–H and O–H groups in total. The molecule has 0 saturated heterocycles. The summed E-state index contributed by atoms with van der Waals surface area (Å²) in [5.74, 6) is 0.920. The minimum atomic E-state index is 0.152. The summed E-state index contributed by atoms with van der Waals surface area (Å²) in [6.45, 7) is 8.21. The number of ether oxygens (including phenoxy) is 1. The van der Waals surface area contributed by atoms with Crippen LogP contribution in [0.3, 0.4) is 0 Å². The predicted molar refractivity (Wildman–Crippen MR) is 148 cm³/mol. The fourth-order valence-corrected chi connectivity index (χ4v) is 4.93. The van der Waals surface area contributed by atoms with E-state index in [9.17, 15) is 0 Å². The largest absolute Gasteiger partial charge is 0.494 e. The Morgan fingerprint density at radius 1 is 1.00 bits per heavy atom. The molecule has 0 aliphatic heterocycles. The zero-order valence-electron chi connectivity index (χ0n) is 20.4. The fraction of sp³-hybridized carbons (Fsp3) is 0.241. The molecule has 0 fully saturated rings. The van der Waals surface area contributed by atoms with Crippen molar-refractivity contribution in [2.24, 2.45) is 5.10 Å². The molecule has 2 aromatic heterocycles. The maximum Gasteiger partial charge on any atom is 0.204 e. The Bertz CT molecular complexity index is 1420. The van der Waals surface area contributed by atoms with Gasteiger partial charge in [0.15, 0.2) is 0 Å². The van der Waals surface area contributed by atoms with Crippen LogP contribution in [0.4, 0.5) is 5.13 Å². The third-order valence-electron chi connectivity index (χ3n) is 6.01. The van der Waals surface area contributed by atoms with Crippen molar-refractivity contribution in [1.29, 1.82) is 0 Å². The van der Waals surface area contributed by atoms with E-state index in [1.54, 1.807) is 11.3 Å². The molecule has 0 saturated carbocycles. The molecule has 0 amide bonds. The molecule has 0 unspecified atom stereocenters. The Morgan fingerprint density at radius 2 is 1.77 bits per heavy atom. The van der Waals surface area contributed by atoms with Crippen LogP contribution in [0.15, 0.2) is 84.1 Å². The molecule has 2 heterocycles. The Kier molecular flexibility index (Phi) is 6.55. The fourth-order valence-electron chi connectivity index (χ4n) is 4.12. The number of fused-ring (bicyclic) bond motifs is 2. The first kappa shape index (κ1) is 23.1. The topological polar surface area (TPSA) is 51.4 Å². The summed E-state index contributed by atoms with van der Waals surface area (Å²) in [6.07, 6.45) is 4.95. The lowest BCUT2D eigenvalue weighted by molar-refractivity contribution is 0.302. The number of anilines is 1. The maximum atomic E-state index is 6.00. The molecule has 3 aromatic carbocycles. The number of hydrogen-bond donors (Lipinski definition) is 1. The summed E-state index contributed by atoms with van der Waals surface area (Å²) in [5, 5.41) is 6.44. The smallest absolute Gasteiger partial charge is 0.204 e. The van der Waals surface area contributed by atoms with E-state index in [1.165, 1.54) is 16.5 Å². The second kappa shape index (κ2) is 9.92. The molecular weight excluding hydrogens is 452 g/mol. The molecule has 178 valence electrons. The van der Waals surface area contributed by atoms with E-state index in [2.05, 4.69) is 102 Å². The highest BCUT2D eigenvalue weighted by Crippen LogP contribution is 2.26. The number of benzene rings is 3. The molecule has 0 aliphatic rings. The van der Waals surface area contributed by atoms with E-state index < -0.39 is 0 Å².